The van der Waals surface area contributed by atoms with Gasteiger partial charge in [-0.15, -0.1) is 0 Å². The van der Waals surface area contributed by atoms with E-state index in [2.05, 4.69) is 10.6 Å². The molecule has 0 aromatic heterocycles. The molecule has 1 aliphatic carbocycles. The Labute approximate surface area is 103 Å². The van der Waals surface area contributed by atoms with Gasteiger partial charge in [0.05, 0.1) is 0 Å². The van der Waals surface area contributed by atoms with Crippen LogP contribution in [0.4, 0.5) is 5.69 Å². The Morgan fingerprint density at radius 2 is 2.00 bits per heavy atom. The van der Waals surface area contributed by atoms with Crippen molar-refractivity contribution in [3.8, 4) is 0 Å². The monoisotopic (exact) mass is 232 g/mol. The molecule has 92 valence electrons. The summed E-state index contributed by atoms with van der Waals surface area (Å²) < 4.78 is 0. The third-order valence-electron chi connectivity index (χ3n) is 3.37. The molecule has 0 unspecified atom stereocenters. The van der Waals surface area contributed by atoms with Crippen molar-refractivity contribution in [2.45, 2.75) is 32.2 Å². The third-order valence-corrected chi connectivity index (χ3v) is 3.37. The molecule has 0 atom stereocenters. The van der Waals surface area contributed by atoms with Gasteiger partial charge in [0, 0.05) is 18.2 Å². The molecule has 1 fully saturated rings. The SMILES string of the molecule is CNCc1ccccc1NC(=O)C1CCCC1. The molecule has 0 bridgehead atoms. The lowest BCUT2D eigenvalue weighted by molar-refractivity contribution is -0.119. The molecule has 1 aliphatic rings. The number of nitrogens with one attached hydrogen (secondary N) is 2. The molecule has 1 saturated carbocycles. The first-order valence-corrected chi connectivity index (χ1v) is 6.34. The van der Waals surface area contributed by atoms with Gasteiger partial charge >= 0.3 is 0 Å². The standard InChI is InChI=1S/C14H20N2O/c1-15-10-12-8-4-5-9-13(12)16-14(17)11-6-2-3-7-11/h4-5,8-9,11,15H,2-3,6-7,10H2,1H3,(H,16,17). The minimum absolute atomic E-state index is 0.186. The Morgan fingerprint density at radius 3 is 2.71 bits per heavy atom. The van der Waals surface area contributed by atoms with Crippen LogP contribution in [0.2, 0.25) is 0 Å². The van der Waals surface area contributed by atoms with Gasteiger partial charge in [0.25, 0.3) is 0 Å². The van der Waals surface area contributed by atoms with Crippen molar-refractivity contribution in [3.63, 3.8) is 0 Å². The van der Waals surface area contributed by atoms with Crippen LogP contribution in [0.15, 0.2) is 24.3 Å². The van der Waals surface area contributed by atoms with E-state index >= 15 is 0 Å². The highest BCUT2D eigenvalue weighted by Crippen LogP contribution is 2.26. The zero-order valence-corrected chi connectivity index (χ0v) is 10.3. The van der Waals surface area contributed by atoms with Gasteiger partial charge in [-0.25, -0.2) is 0 Å². The van der Waals surface area contributed by atoms with Crippen LogP contribution < -0.4 is 10.6 Å². The second kappa shape index (κ2) is 5.82. The van der Waals surface area contributed by atoms with E-state index in [0.717, 1.165) is 30.6 Å². The summed E-state index contributed by atoms with van der Waals surface area (Å²) in [5.74, 6) is 0.406. The largest absolute Gasteiger partial charge is 0.326 e. The maximum absolute atomic E-state index is 12.0. The number of rotatable bonds is 4. The minimum atomic E-state index is 0.186. The minimum Gasteiger partial charge on any atom is -0.326 e. The van der Waals surface area contributed by atoms with Gasteiger partial charge in [0.15, 0.2) is 0 Å². The molecule has 2 N–H and O–H groups in total. The zero-order chi connectivity index (χ0) is 12.1. The van der Waals surface area contributed by atoms with Crippen molar-refractivity contribution in [2.75, 3.05) is 12.4 Å². The van der Waals surface area contributed by atoms with Crippen molar-refractivity contribution in [1.29, 1.82) is 0 Å². The van der Waals surface area contributed by atoms with Crippen LogP contribution in [0.1, 0.15) is 31.2 Å². The molecule has 17 heavy (non-hydrogen) atoms. The van der Waals surface area contributed by atoms with E-state index in [1.54, 1.807) is 0 Å². The summed E-state index contributed by atoms with van der Waals surface area (Å²) >= 11 is 0. The van der Waals surface area contributed by atoms with Crippen LogP contribution in [-0.4, -0.2) is 13.0 Å². The molecular weight excluding hydrogens is 212 g/mol. The first-order chi connectivity index (χ1) is 8.31. The Bertz CT molecular complexity index is 384. The Kier molecular flexibility index (Phi) is 4.15. The summed E-state index contributed by atoms with van der Waals surface area (Å²) in [5.41, 5.74) is 2.08. The number of para-hydroxylation sites is 1. The van der Waals surface area contributed by atoms with Crippen LogP contribution in [0, 0.1) is 5.92 Å². The number of carbonyl (C=O) groups excluding carboxylic acids is 1. The molecule has 0 spiro atoms. The number of carbonyl (C=O) groups is 1. The highest BCUT2D eigenvalue weighted by atomic mass is 16.1. The fourth-order valence-corrected chi connectivity index (χ4v) is 2.41. The first-order valence-electron chi connectivity index (χ1n) is 6.34. The topological polar surface area (TPSA) is 41.1 Å². The highest BCUT2D eigenvalue weighted by Gasteiger charge is 2.22. The van der Waals surface area contributed by atoms with Crippen LogP contribution in [0.3, 0.4) is 0 Å². The van der Waals surface area contributed by atoms with Gasteiger partial charge in [-0.2, -0.15) is 0 Å². The molecule has 0 heterocycles. The Hall–Kier alpha value is -1.35. The predicted octanol–water partition coefficient (Wildman–Crippen LogP) is 2.53. The van der Waals surface area contributed by atoms with Crippen LogP contribution >= 0.6 is 0 Å². The molecule has 0 radical (unpaired) electrons. The summed E-state index contributed by atoms with van der Waals surface area (Å²) in [5, 5.41) is 6.17. The Balaban J connectivity index is 2.04. The highest BCUT2D eigenvalue weighted by molar-refractivity contribution is 5.93. The van der Waals surface area contributed by atoms with Crippen LogP contribution in [0.25, 0.3) is 0 Å². The maximum atomic E-state index is 12.0. The van der Waals surface area contributed by atoms with E-state index in [4.69, 9.17) is 0 Å². The van der Waals surface area contributed by atoms with E-state index < -0.39 is 0 Å². The smallest absolute Gasteiger partial charge is 0.227 e. The van der Waals surface area contributed by atoms with Gasteiger partial charge in [-0.05, 0) is 31.5 Å². The number of benzene rings is 1. The van der Waals surface area contributed by atoms with Crippen molar-refractivity contribution in [2.24, 2.45) is 5.92 Å². The van der Waals surface area contributed by atoms with Crippen LogP contribution in [0.5, 0.6) is 0 Å². The molecule has 3 heteroatoms. The quantitative estimate of drug-likeness (QED) is 0.837. The van der Waals surface area contributed by atoms with E-state index in [1.165, 1.54) is 12.8 Å². The number of anilines is 1. The summed E-state index contributed by atoms with van der Waals surface area (Å²) in [6.07, 6.45) is 4.46. The normalized spacial score (nSPS) is 16.1. The summed E-state index contributed by atoms with van der Waals surface area (Å²) in [6, 6.07) is 7.97. The fourth-order valence-electron chi connectivity index (χ4n) is 2.41. The average Bonchev–Trinajstić information content (AvgIpc) is 2.85. The van der Waals surface area contributed by atoms with Gasteiger partial charge in [0.1, 0.15) is 0 Å². The van der Waals surface area contributed by atoms with Gasteiger partial charge in [-0.3, -0.25) is 4.79 Å². The van der Waals surface area contributed by atoms with Crippen LogP contribution in [-0.2, 0) is 11.3 Å². The van der Waals surface area contributed by atoms with Gasteiger partial charge < -0.3 is 10.6 Å². The van der Waals surface area contributed by atoms with E-state index in [-0.39, 0.29) is 11.8 Å². The fraction of sp³-hybridized carbons (Fsp3) is 0.500. The molecular formula is C14H20N2O. The molecule has 1 aromatic rings. The van der Waals surface area contributed by atoms with E-state index in [9.17, 15) is 4.79 Å². The molecule has 1 aromatic carbocycles. The Morgan fingerprint density at radius 1 is 1.29 bits per heavy atom. The van der Waals surface area contributed by atoms with Gasteiger partial charge in [0.2, 0.25) is 5.91 Å². The lowest BCUT2D eigenvalue weighted by Gasteiger charge is -2.13. The van der Waals surface area contributed by atoms with Crippen molar-refractivity contribution >= 4 is 11.6 Å². The predicted molar refractivity (Wildman–Crippen MR) is 69.8 cm³/mol. The number of hydrogen-bond acceptors (Lipinski definition) is 2. The maximum Gasteiger partial charge on any atom is 0.227 e. The molecule has 3 nitrogen and oxygen atoms in total. The lowest BCUT2D eigenvalue weighted by atomic mass is 10.1. The molecule has 0 saturated heterocycles. The number of amides is 1. The third kappa shape index (κ3) is 3.07. The van der Waals surface area contributed by atoms with Crippen molar-refractivity contribution in [1.82, 2.24) is 5.32 Å². The second-order valence-corrected chi connectivity index (χ2v) is 4.66. The molecule has 1 amide bonds. The van der Waals surface area contributed by atoms with Crippen molar-refractivity contribution in [3.05, 3.63) is 29.8 Å². The molecule has 0 aliphatic heterocycles. The van der Waals surface area contributed by atoms with E-state index in [1.807, 2.05) is 31.3 Å². The number of hydrogen-bond donors (Lipinski definition) is 2. The van der Waals surface area contributed by atoms with Gasteiger partial charge in [-0.1, -0.05) is 31.0 Å². The summed E-state index contributed by atoms with van der Waals surface area (Å²) in [4.78, 5) is 12.0. The summed E-state index contributed by atoms with van der Waals surface area (Å²) in [6.45, 7) is 0.779. The average molecular weight is 232 g/mol. The summed E-state index contributed by atoms with van der Waals surface area (Å²) in [7, 11) is 1.91. The zero-order valence-electron chi connectivity index (χ0n) is 10.3. The van der Waals surface area contributed by atoms with Crippen molar-refractivity contribution < 1.29 is 4.79 Å². The first kappa shape index (κ1) is 12.1. The molecule has 2 rings (SSSR count). The van der Waals surface area contributed by atoms with E-state index in [0.29, 0.717) is 0 Å². The lowest BCUT2D eigenvalue weighted by Crippen LogP contribution is -2.21. The second-order valence-electron chi connectivity index (χ2n) is 4.66.